The standard InChI is InChI=1S/C16H24N2OS/c1-11-6-7-13(9-12(11)2)20-14-5-4-8-16(10-14,18-3)15(17)19/h6-7,9,14,18H,4-5,8,10H2,1-3H3,(H2,17,19). The van der Waals surface area contributed by atoms with E-state index in [0.717, 1.165) is 25.7 Å². The van der Waals surface area contributed by atoms with E-state index in [0.29, 0.717) is 5.25 Å². The van der Waals surface area contributed by atoms with Gasteiger partial charge in [-0.05, 0) is 69.8 Å². The molecule has 0 heterocycles. The van der Waals surface area contributed by atoms with Crippen molar-refractivity contribution in [3.8, 4) is 0 Å². The second-order valence-corrected chi connectivity index (χ2v) is 7.15. The van der Waals surface area contributed by atoms with Gasteiger partial charge in [0.2, 0.25) is 5.91 Å². The molecule has 2 rings (SSSR count). The van der Waals surface area contributed by atoms with Crippen LogP contribution in [0.15, 0.2) is 23.1 Å². The average molecular weight is 292 g/mol. The SMILES string of the molecule is CNC1(C(N)=O)CCCC(Sc2ccc(C)c(C)c2)C1. The number of likely N-dealkylation sites (N-methyl/N-ethyl adjacent to an activating group) is 1. The highest BCUT2D eigenvalue weighted by molar-refractivity contribution is 8.00. The first-order valence-corrected chi connectivity index (χ1v) is 8.07. The molecule has 0 spiro atoms. The van der Waals surface area contributed by atoms with E-state index >= 15 is 0 Å². The minimum Gasteiger partial charge on any atom is -0.368 e. The Balaban J connectivity index is 2.09. The summed E-state index contributed by atoms with van der Waals surface area (Å²) in [5.41, 5.74) is 7.72. The summed E-state index contributed by atoms with van der Waals surface area (Å²) in [6.45, 7) is 4.27. The Hall–Kier alpha value is -1.00. The molecule has 3 nitrogen and oxygen atoms in total. The summed E-state index contributed by atoms with van der Waals surface area (Å²) in [6.07, 6.45) is 3.86. The molecule has 1 amide bonds. The maximum absolute atomic E-state index is 11.8. The van der Waals surface area contributed by atoms with Crippen LogP contribution in [0.5, 0.6) is 0 Å². The van der Waals surface area contributed by atoms with Crippen LogP contribution in [0.2, 0.25) is 0 Å². The van der Waals surface area contributed by atoms with Crippen molar-refractivity contribution in [3.05, 3.63) is 29.3 Å². The highest BCUT2D eigenvalue weighted by atomic mass is 32.2. The third-order valence-corrected chi connectivity index (χ3v) is 5.70. The van der Waals surface area contributed by atoms with Gasteiger partial charge in [0.15, 0.2) is 0 Å². The summed E-state index contributed by atoms with van der Waals surface area (Å²) in [5.74, 6) is -0.217. The summed E-state index contributed by atoms with van der Waals surface area (Å²) >= 11 is 1.87. The van der Waals surface area contributed by atoms with Crippen LogP contribution in [0.25, 0.3) is 0 Å². The number of thioether (sulfide) groups is 1. The van der Waals surface area contributed by atoms with Gasteiger partial charge >= 0.3 is 0 Å². The lowest BCUT2D eigenvalue weighted by Crippen LogP contribution is -2.57. The van der Waals surface area contributed by atoms with E-state index in [1.165, 1.54) is 16.0 Å². The van der Waals surface area contributed by atoms with Gasteiger partial charge in [0, 0.05) is 10.1 Å². The predicted molar refractivity (Wildman–Crippen MR) is 85.0 cm³/mol. The summed E-state index contributed by atoms with van der Waals surface area (Å²) in [4.78, 5) is 13.0. The zero-order valence-electron chi connectivity index (χ0n) is 12.5. The lowest BCUT2D eigenvalue weighted by Gasteiger charge is -2.38. The molecule has 0 saturated heterocycles. The van der Waals surface area contributed by atoms with Gasteiger partial charge in [-0.2, -0.15) is 0 Å². The van der Waals surface area contributed by atoms with Crippen LogP contribution in [0.1, 0.15) is 36.8 Å². The predicted octanol–water partition coefficient (Wildman–Crippen LogP) is 2.78. The van der Waals surface area contributed by atoms with Gasteiger partial charge in [-0.1, -0.05) is 6.07 Å². The maximum Gasteiger partial charge on any atom is 0.237 e. The molecule has 3 N–H and O–H groups in total. The molecule has 110 valence electrons. The van der Waals surface area contributed by atoms with Crippen LogP contribution in [-0.4, -0.2) is 23.7 Å². The second-order valence-electron chi connectivity index (χ2n) is 5.78. The summed E-state index contributed by atoms with van der Waals surface area (Å²) < 4.78 is 0. The molecule has 0 bridgehead atoms. The van der Waals surface area contributed by atoms with Crippen molar-refractivity contribution in [1.29, 1.82) is 0 Å². The molecule has 1 aromatic carbocycles. The quantitative estimate of drug-likeness (QED) is 0.897. The molecule has 1 aliphatic rings. The monoisotopic (exact) mass is 292 g/mol. The Morgan fingerprint density at radius 1 is 1.40 bits per heavy atom. The normalized spacial score (nSPS) is 26.4. The van der Waals surface area contributed by atoms with Gasteiger partial charge in [0.05, 0.1) is 5.54 Å². The summed E-state index contributed by atoms with van der Waals surface area (Å²) in [6, 6.07) is 6.58. The van der Waals surface area contributed by atoms with Crippen molar-refractivity contribution in [2.75, 3.05) is 7.05 Å². The molecule has 20 heavy (non-hydrogen) atoms. The molecular formula is C16H24N2OS. The van der Waals surface area contributed by atoms with E-state index in [2.05, 4.69) is 37.4 Å². The minimum absolute atomic E-state index is 0.217. The zero-order chi connectivity index (χ0) is 14.8. The number of amides is 1. The first kappa shape index (κ1) is 15.4. The first-order chi connectivity index (χ1) is 9.47. The Morgan fingerprint density at radius 2 is 2.15 bits per heavy atom. The third-order valence-electron chi connectivity index (χ3n) is 4.44. The lowest BCUT2D eigenvalue weighted by molar-refractivity contribution is -0.125. The summed E-state index contributed by atoms with van der Waals surface area (Å²) in [5, 5.41) is 3.62. The maximum atomic E-state index is 11.8. The summed E-state index contributed by atoms with van der Waals surface area (Å²) in [7, 11) is 1.84. The van der Waals surface area contributed by atoms with Crippen LogP contribution < -0.4 is 11.1 Å². The number of rotatable bonds is 4. The Morgan fingerprint density at radius 3 is 2.75 bits per heavy atom. The highest BCUT2D eigenvalue weighted by Gasteiger charge is 2.40. The van der Waals surface area contributed by atoms with E-state index in [-0.39, 0.29) is 5.91 Å². The number of nitrogens with two attached hydrogens (primary N) is 1. The molecular weight excluding hydrogens is 268 g/mol. The van der Waals surface area contributed by atoms with Crippen LogP contribution in [0, 0.1) is 13.8 Å². The Bertz CT molecular complexity index is 503. The van der Waals surface area contributed by atoms with Crippen LogP contribution in [-0.2, 0) is 4.79 Å². The van der Waals surface area contributed by atoms with E-state index in [9.17, 15) is 4.79 Å². The number of hydrogen-bond acceptors (Lipinski definition) is 3. The zero-order valence-corrected chi connectivity index (χ0v) is 13.3. The van der Waals surface area contributed by atoms with Gasteiger partial charge in [-0.15, -0.1) is 11.8 Å². The molecule has 4 heteroatoms. The number of primary amides is 1. The van der Waals surface area contributed by atoms with Crippen molar-refractivity contribution in [3.63, 3.8) is 0 Å². The fraction of sp³-hybridized carbons (Fsp3) is 0.562. The molecule has 0 aromatic heterocycles. The molecule has 1 aromatic rings. The van der Waals surface area contributed by atoms with E-state index in [1.54, 1.807) is 0 Å². The van der Waals surface area contributed by atoms with E-state index in [1.807, 2.05) is 18.8 Å². The van der Waals surface area contributed by atoms with E-state index in [4.69, 9.17) is 5.73 Å². The fourth-order valence-corrected chi connectivity index (χ4v) is 4.31. The van der Waals surface area contributed by atoms with Crippen LogP contribution in [0.3, 0.4) is 0 Å². The number of benzene rings is 1. The first-order valence-electron chi connectivity index (χ1n) is 7.19. The molecule has 2 unspecified atom stereocenters. The molecule has 2 atom stereocenters. The second kappa shape index (κ2) is 6.19. The van der Waals surface area contributed by atoms with Crippen molar-refractivity contribution in [1.82, 2.24) is 5.32 Å². The number of carbonyl (C=O) groups excluding carboxylic acids is 1. The van der Waals surface area contributed by atoms with Crippen molar-refractivity contribution >= 4 is 17.7 Å². The fourth-order valence-electron chi connectivity index (χ4n) is 2.88. The number of nitrogens with one attached hydrogen (secondary N) is 1. The third kappa shape index (κ3) is 3.18. The number of aryl methyl sites for hydroxylation is 2. The van der Waals surface area contributed by atoms with Crippen LogP contribution in [0.4, 0.5) is 0 Å². The van der Waals surface area contributed by atoms with E-state index < -0.39 is 5.54 Å². The largest absolute Gasteiger partial charge is 0.368 e. The topological polar surface area (TPSA) is 55.1 Å². The van der Waals surface area contributed by atoms with Gasteiger partial charge in [0.1, 0.15) is 0 Å². The molecule has 1 saturated carbocycles. The molecule has 0 aliphatic heterocycles. The minimum atomic E-state index is -0.518. The van der Waals surface area contributed by atoms with Crippen molar-refractivity contribution in [2.24, 2.45) is 5.73 Å². The van der Waals surface area contributed by atoms with Gasteiger partial charge in [-0.3, -0.25) is 4.79 Å². The van der Waals surface area contributed by atoms with Gasteiger partial charge in [-0.25, -0.2) is 0 Å². The molecule has 0 radical (unpaired) electrons. The smallest absolute Gasteiger partial charge is 0.237 e. The number of carbonyl (C=O) groups is 1. The van der Waals surface area contributed by atoms with Crippen molar-refractivity contribution in [2.45, 2.75) is 55.2 Å². The highest BCUT2D eigenvalue weighted by Crippen LogP contribution is 2.38. The molecule has 1 fully saturated rings. The Kier molecular flexibility index (Phi) is 4.76. The lowest BCUT2D eigenvalue weighted by atomic mass is 9.81. The Labute approximate surface area is 125 Å². The van der Waals surface area contributed by atoms with Crippen molar-refractivity contribution < 1.29 is 4.79 Å². The number of hydrogen-bond donors (Lipinski definition) is 2. The van der Waals surface area contributed by atoms with Crippen LogP contribution >= 0.6 is 11.8 Å². The average Bonchev–Trinajstić information content (AvgIpc) is 2.43. The molecule has 1 aliphatic carbocycles. The van der Waals surface area contributed by atoms with Gasteiger partial charge in [0.25, 0.3) is 0 Å². The van der Waals surface area contributed by atoms with Gasteiger partial charge < -0.3 is 11.1 Å².